The predicted molar refractivity (Wildman–Crippen MR) is 39.2 cm³/mol. The molecule has 1 aromatic heterocycles. The maximum absolute atomic E-state index is 12.7. The predicted octanol–water partition coefficient (Wildman–Crippen LogP) is 0.870. The average molecular weight is 153 g/mol. The van der Waals surface area contributed by atoms with Gasteiger partial charge in [-0.25, -0.2) is 4.39 Å². The van der Waals surface area contributed by atoms with E-state index in [1.165, 1.54) is 6.07 Å². The molecule has 1 heterocycles. The van der Waals surface area contributed by atoms with Crippen molar-refractivity contribution in [3.8, 4) is 0 Å². The number of hydrogen-bond donors (Lipinski definition) is 2. The van der Waals surface area contributed by atoms with Crippen LogP contribution in [0.4, 0.5) is 4.39 Å². The van der Waals surface area contributed by atoms with Crippen molar-refractivity contribution in [2.24, 2.45) is 0 Å². The minimum absolute atomic E-state index is 0.110. The molecule has 0 aliphatic rings. The van der Waals surface area contributed by atoms with E-state index in [0.29, 0.717) is 5.56 Å². The fourth-order valence-electron chi connectivity index (χ4n) is 0.749. The summed E-state index contributed by atoms with van der Waals surface area (Å²) in [4.78, 5) is 0. The minimum atomic E-state index is -0.399. The molecule has 0 saturated heterocycles. The van der Waals surface area contributed by atoms with E-state index < -0.39 is 5.82 Å². The number of hydrogen-bond acceptors (Lipinski definition) is 2. The highest BCUT2D eigenvalue weighted by molar-refractivity contribution is 5.53. The van der Waals surface area contributed by atoms with Crippen molar-refractivity contribution >= 4 is 6.34 Å². The second-order valence-corrected chi connectivity index (χ2v) is 2.23. The van der Waals surface area contributed by atoms with Crippen LogP contribution >= 0.6 is 0 Å². The standard InChI is InChI=1S/C7H8FN3/c1-5-2-7(10)11(4-9)3-6(5)8/h2-4,9-10H,1H3. The molecule has 0 aliphatic heterocycles. The van der Waals surface area contributed by atoms with Crippen molar-refractivity contribution in [3.05, 3.63) is 29.1 Å². The van der Waals surface area contributed by atoms with Gasteiger partial charge in [-0.15, -0.1) is 0 Å². The zero-order valence-corrected chi connectivity index (χ0v) is 6.06. The number of pyridine rings is 1. The maximum Gasteiger partial charge on any atom is 0.142 e. The molecule has 0 saturated carbocycles. The molecule has 0 radical (unpaired) electrons. The largest absolute Gasteiger partial charge is 0.291 e. The topological polar surface area (TPSA) is 52.6 Å². The zero-order valence-electron chi connectivity index (χ0n) is 6.06. The second-order valence-electron chi connectivity index (χ2n) is 2.23. The minimum Gasteiger partial charge on any atom is -0.291 e. The Kier molecular flexibility index (Phi) is 1.85. The van der Waals surface area contributed by atoms with Gasteiger partial charge in [0.2, 0.25) is 0 Å². The van der Waals surface area contributed by atoms with Crippen LogP contribution in [0.1, 0.15) is 5.56 Å². The molecule has 0 unspecified atom stereocenters. The van der Waals surface area contributed by atoms with Gasteiger partial charge in [0, 0.05) is 6.20 Å². The molecule has 1 rings (SSSR count). The molecule has 58 valence electrons. The maximum atomic E-state index is 12.7. The summed E-state index contributed by atoms with van der Waals surface area (Å²) < 4.78 is 13.8. The van der Waals surface area contributed by atoms with Crippen molar-refractivity contribution in [2.45, 2.75) is 6.92 Å². The van der Waals surface area contributed by atoms with Crippen LogP contribution < -0.4 is 5.49 Å². The highest BCUT2D eigenvalue weighted by Gasteiger charge is 1.97. The number of halogens is 1. The Balaban J connectivity index is 3.44. The van der Waals surface area contributed by atoms with Crippen LogP contribution in [0.2, 0.25) is 0 Å². The Morgan fingerprint density at radius 1 is 1.64 bits per heavy atom. The normalized spacial score (nSPS) is 9.64. The summed E-state index contributed by atoms with van der Waals surface area (Å²) in [5, 5.41) is 14.1. The summed E-state index contributed by atoms with van der Waals surface area (Å²) in [6.45, 7) is 1.58. The Morgan fingerprint density at radius 3 is 2.82 bits per heavy atom. The Morgan fingerprint density at radius 2 is 2.27 bits per heavy atom. The van der Waals surface area contributed by atoms with Gasteiger partial charge in [-0.1, -0.05) is 0 Å². The summed E-state index contributed by atoms with van der Waals surface area (Å²) in [6.07, 6.45) is 2.01. The fraction of sp³-hybridized carbons (Fsp3) is 0.143. The van der Waals surface area contributed by atoms with E-state index in [0.717, 1.165) is 17.1 Å². The molecular formula is C7H8FN3. The smallest absolute Gasteiger partial charge is 0.142 e. The highest BCUT2D eigenvalue weighted by atomic mass is 19.1. The zero-order chi connectivity index (χ0) is 8.43. The molecule has 4 heteroatoms. The van der Waals surface area contributed by atoms with Gasteiger partial charge in [0.15, 0.2) is 0 Å². The van der Waals surface area contributed by atoms with Crippen molar-refractivity contribution in [1.82, 2.24) is 4.57 Å². The van der Waals surface area contributed by atoms with E-state index >= 15 is 0 Å². The molecule has 0 bridgehead atoms. The molecule has 0 aliphatic carbocycles. The Bertz CT molecular complexity index is 340. The van der Waals surface area contributed by atoms with Crippen LogP contribution in [0.25, 0.3) is 0 Å². The highest BCUT2D eigenvalue weighted by Crippen LogP contribution is 1.98. The molecule has 3 nitrogen and oxygen atoms in total. The fourth-order valence-corrected chi connectivity index (χ4v) is 0.749. The van der Waals surface area contributed by atoms with Crippen molar-refractivity contribution in [3.63, 3.8) is 0 Å². The van der Waals surface area contributed by atoms with Crippen LogP contribution in [0.15, 0.2) is 12.3 Å². The molecule has 0 atom stereocenters. The molecule has 2 N–H and O–H groups in total. The van der Waals surface area contributed by atoms with Gasteiger partial charge >= 0.3 is 0 Å². The lowest BCUT2D eigenvalue weighted by Gasteiger charge is -2.00. The number of nitrogens with one attached hydrogen (secondary N) is 2. The lowest BCUT2D eigenvalue weighted by atomic mass is 10.3. The van der Waals surface area contributed by atoms with Crippen LogP contribution in [0.3, 0.4) is 0 Å². The van der Waals surface area contributed by atoms with Gasteiger partial charge in [0.05, 0.1) is 6.34 Å². The first-order valence-electron chi connectivity index (χ1n) is 3.08. The van der Waals surface area contributed by atoms with Gasteiger partial charge in [-0.3, -0.25) is 15.4 Å². The van der Waals surface area contributed by atoms with Crippen LogP contribution in [-0.4, -0.2) is 10.9 Å². The summed E-state index contributed by atoms with van der Waals surface area (Å²) in [5.74, 6) is -0.399. The third-order valence-corrected chi connectivity index (χ3v) is 1.40. The number of aromatic nitrogens is 1. The molecular weight excluding hydrogens is 145 g/mol. The molecule has 1 aromatic rings. The lowest BCUT2D eigenvalue weighted by Crippen LogP contribution is -2.19. The second kappa shape index (κ2) is 2.65. The van der Waals surface area contributed by atoms with E-state index in [1.54, 1.807) is 6.92 Å². The van der Waals surface area contributed by atoms with Crippen LogP contribution in [-0.2, 0) is 0 Å². The molecule has 11 heavy (non-hydrogen) atoms. The molecule has 0 amide bonds. The van der Waals surface area contributed by atoms with Crippen molar-refractivity contribution < 1.29 is 4.39 Å². The first-order chi connectivity index (χ1) is 5.15. The Labute approximate surface area is 63.1 Å². The van der Waals surface area contributed by atoms with Crippen molar-refractivity contribution in [1.29, 1.82) is 10.8 Å². The van der Waals surface area contributed by atoms with Gasteiger partial charge in [-0.2, -0.15) is 0 Å². The van der Waals surface area contributed by atoms with Gasteiger partial charge < -0.3 is 0 Å². The van der Waals surface area contributed by atoms with Gasteiger partial charge in [0.1, 0.15) is 11.3 Å². The van der Waals surface area contributed by atoms with E-state index in [4.69, 9.17) is 10.8 Å². The quantitative estimate of drug-likeness (QED) is 0.444. The van der Waals surface area contributed by atoms with E-state index in [1.807, 2.05) is 0 Å². The lowest BCUT2D eigenvalue weighted by molar-refractivity contribution is 0.604. The Hall–Kier alpha value is -1.45. The molecule has 0 aromatic carbocycles. The van der Waals surface area contributed by atoms with Gasteiger partial charge in [0.25, 0.3) is 0 Å². The van der Waals surface area contributed by atoms with E-state index in [-0.39, 0.29) is 5.49 Å². The van der Waals surface area contributed by atoms with Crippen LogP contribution in [0, 0.1) is 23.6 Å². The van der Waals surface area contributed by atoms with Crippen molar-refractivity contribution in [2.75, 3.05) is 0 Å². The summed E-state index contributed by atoms with van der Waals surface area (Å²) in [6, 6.07) is 1.38. The van der Waals surface area contributed by atoms with Gasteiger partial charge in [-0.05, 0) is 18.6 Å². The van der Waals surface area contributed by atoms with E-state index in [2.05, 4.69) is 0 Å². The summed E-state index contributed by atoms with van der Waals surface area (Å²) in [7, 11) is 0. The first-order valence-corrected chi connectivity index (χ1v) is 3.08. The summed E-state index contributed by atoms with van der Waals surface area (Å²) >= 11 is 0. The molecule has 0 fully saturated rings. The number of aryl methyl sites for hydroxylation is 1. The number of rotatable bonds is 1. The SMILES string of the molecule is Cc1cc(=N)n(C=N)cc1F. The molecule has 0 spiro atoms. The number of nitrogens with zero attached hydrogens (tertiary/aromatic N) is 1. The summed E-state index contributed by atoms with van der Waals surface area (Å²) in [5.41, 5.74) is 0.534. The monoisotopic (exact) mass is 153 g/mol. The van der Waals surface area contributed by atoms with E-state index in [9.17, 15) is 4.39 Å². The first kappa shape index (κ1) is 7.65. The third-order valence-electron chi connectivity index (χ3n) is 1.40. The average Bonchev–Trinajstić information content (AvgIpc) is 1.97. The van der Waals surface area contributed by atoms with Crippen LogP contribution in [0.5, 0.6) is 0 Å². The third kappa shape index (κ3) is 1.34.